The molecule has 0 N–H and O–H groups in total. The van der Waals surface area contributed by atoms with Crippen molar-refractivity contribution in [2.24, 2.45) is 47.3 Å². The molecule has 0 saturated heterocycles. The topological polar surface area (TPSA) is 25.8 Å². The average Bonchev–Trinajstić information content (AvgIpc) is 1.54. The van der Waals surface area contributed by atoms with E-state index in [1.807, 2.05) is 0 Å². The van der Waals surface area contributed by atoms with Gasteiger partial charge in [0, 0.05) is 27.2 Å². The molecule has 0 radical (unpaired) electrons. The Hall–Kier alpha value is -7.72. The van der Waals surface area contributed by atoms with Crippen molar-refractivity contribution in [3.05, 3.63) is 236 Å². The van der Waals surface area contributed by atoms with E-state index in [0.29, 0.717) is 47.3 Å². The Morgan fingerprint density at radius 3 is 1.02 bits per heavy atom. The molecule has 4 aliphatic carbocycles. The molecular formula is C109H134N2S. The van der Waals surface area contributed by atoms with Crippen LogP contribution in [0.2, 0.25) is 0 Å². The predicted octanol–water partition coefficient (Wildman–Crippen LogP) is 32.6. The lowest BCUT2D eigenvalue weighted by Gasteiger charge is -2.39. The third kappa shape index (κ3) is 15.1. The van der Waals surface area contributed by atoms with Crippen molar-refractivity contribution in [1.29, 1.82) is 0 Å². The maximum Gasteiger partial charge on any atom is 0.112 e. The van der Waals surface area contributed by atoms with Crippen LogP contribution in [0.15, 0.2) is 164 Å². The summed E-state index contributed by atoms with van der Waals surface area (Å²) in [6, 6.07) is 67.7. The number of rotatable bonds is 36. The molecule has 8 unspecified atom stereocenters. The number of aromatic nitrogens is 2. The molecule has 2 nitrogen and oxygen atoms in total. The highest BCUT2D eigenvalue weighted by atomic mass is 32.1. The molecule has 586 valence electrons. The smallest absolute Gasteiger partial charge is 0.112 e. The number of hydrogen-bond acceptors (Lipinski definition) is 3. The van der Waals surface area contributed by atoms with Crippen LogP contribution in [-0.4, -0.2) is 8.75 Å². The molecule has 3 heteroatoms. The minimum Gasteiger partial charge on any atom is -0.173 e. The second-order valence-corrected chi connectivity index (χ2v) is 37.5. The first kappa shape index (κ1) is 80.9. The first-order chi connectivity index (χ1) is 54.3. The molecule has 112 heavy (non-hydrogen) atoms. The summed E-state index contributed by atoms with van der Waals surface area (Å²) >= 11 is 1.29. The van der Waals surface area contributed by atoms with Crippen LogP contribution >= 0.6 is 11.7 Å². The molecule has 0 fully saturated rings. The van der Waals surface area contributed by atoms with Crippen LogP contribution in [0.4, 0.5) is 0 Å². The predicted molar refractivity (Wildman–Crippen MR) is 489 cm³/mol. The van der Waals surface area contributed by atoms with Crippen LogP contribution in [-0.2, 0) is 21.7 Å². The normalized spacial score (nSPS) is 20.6. The second-order valence-electron chi connectivity index (χ2n) is 37.0. The van der Waals surface area contributed by atoms with Crippen molar-refractivity contribution >= 4 is 47.1 Å². The molecule has 10 aromatic rings. The van der Waals surface area contributed by atoms with Crippen LogP contribution in [0.5, 0.6) is 0 Å². The van der Waals surface area contributed by atoms with E-state index in [1.54, 1.807) is 44.5 Å². The molecular weight excluding hydrogens is 1370 g/mol. The first-order valence-electron chi connectivity index (χ1n) is 45.0. The van der Waals surface area contributed by atoms with Gasteiger partial charge in [-0.05, 0) is 276 Å². The van der Waals surface area contributed by atoms with Gasteiger partial charge in [0.05, 0.1) is 11.7 Å². The van der Waals surface area contributed by atoms with Crippen molar-refractivity contribution in [3.63, 3.8) is 0 Å². The molecule has 1 aromatic heterocycles. The Kier molecular flexibility index (Phi) is 24.8. The molecule has 4 aliphatic rings. The van der Waals surface area contributed by atoms with Gasteiger partial charge in [0.25, 0.3) is 0 Å². The SMILES string of the molecule is CCCCC(CC)CC1(CC(CC)CCCC)c2cc(/C=C/c3ccc(/C=C/c4ccc(C)c5nsnc45)cc3)ccc2-c2ccc(-c3ccc4c(c3)C(CC(C)CC)(CC(C)CC)c3cc(-c5ccc6c(c5)C(CC(C)CC)(CC(C)CC)c5cc7c(cc5-6)C(CC(C)CC)(CC(C)CC)c5ccccc5-7)ccc3-4)cc21. The fourth-order valence-corrected chi connectivity index (χ4v) is 22.5. The summed E-state index contributed by atoms with van der Waals surface area (Å²) < 4.78 is 9.21. The van der Waals surface area contributed by atoms with Gasteiger partial charge in [-0.3, -0.25) is 0 Å². The Morgan fingerprint density at radius 1 is 0.295 bits per heavy atom. The number of benzene rings is 9. The number of aryl methyl sites for hydroxylation is 1. The van der Waals surface area contributed by atoms with Crippen LogP contribution in [0, 0.1) is 54.3 Å². The van der Waals surface area contributed by atoms with E-state index in [0.717, 1.165) is 55.1 Å². The van der Waals surface area contributed by atoms with Gasteiger partial charge in [0.2, 0.25) is 0 Å². The zero-order valence-electron chi connectivity index (χ0n) is 71.9. The Bertz CT molecular complexity index is 4970. The quantitative estimate of drug-likeness (QED) is 0.0366. The number of unbranched alkanes of at least 4 members (excludes halogenated alkanes) is 2. The summed E-state index contributed by atoms with van der Waals surface area (Å²) in [4.78, 5) is 0. The molecule has 0 bridgehead atoms. The Morgan fingerprint density at radius 2 is 0.616 bits per heavy atom. The van der Waals surface area contributed by atoms with E-state index in [1.165, 1.54) is 203 Å². The van der Waals surface area contributed by atoms with E-state index in [-0.39, 0.29) is 21.7 Å². The minimum absolute atomic E-state index is 0.0145. The molecule has 8 atom stereocenters. The summed E-state index contributed by atoms with van der Waals surface area (Å²) in [6.45, 7) is 41.7. The molecule has 0 saturated carbocycles. The Labute approximate surface area is 682 Å². The van der Waals surface area contributed by atoms with Crippen LogP contribution in [0.3, 0.4) is 0 Å². The summed E-state index contributed by atoms with van der Waals surface area (Å²) in [5.41, 5.74) is 37.4. The summed E-state index contributed by atoms with van der Waals surface area (Å²) in [5, 5.41) is 0. The van der Waals surface area contributed by atoms with E-state index < -0.39 is 0 Å². The van der Waals surface area contributed by atoms with Gasteiger partial charge in [-0.15, -0.1) is 0 Å². The van der Waals surface area contributed by atoms with Crippen molar-refractivity contribution in [1.82, 2.24) is 8.75 Å². The molecule has 0 spiro atoms. The van der Waals surface area contributed by atoms with Gasteiger partial charge >= 0.3 is 0 Å². The van der Waals surface area contributed by atoms with Gasteiger partial charge in [0.15, 0.2) is 0 Å². The molecule has 0 amide bonds. The molecule has 1 heterocycles. The third-order valence-corrected chi connectivity index (χ3v) is 29.9. The van der Waals surface area contributed by atoms with E-state index in [4.69, 9.17) is 0 Å². The maximum atomic E-state index is 4.64. The van der Waals surface area contributed by atoms with Gasteiger partial charge in [-0.25, -0.2) is 0 Å². The summed E-state index contributed by atoms with van der Waals surface area (Å²) in [6.07, 6.45) is 35.5. The fraction of sp³-hybridized carbons (Fsp3) is 0.468. The van der Waals surface area contributed by atoms with Crippen LogP contribution in [0.25, 0.3) is 102 Å². The van der Waals surface area contributed by atoms with Gasteiger partial charge in [-0.2, -0.15) is 8.75 Å². The maximum absolute atomic E-state index is 4.64. The average molecular weight is 1500 g/mol. The highest BCUT2D eigenvalue weighted by Gasteiger charge is 2.52. The number of fused-ring (bicyclic) bond motifs is 13. The fourth-order valence-electron chi connectivity index (χ4n) is 21.9. The highest BCUT2D eigenvalue weighted by molar-refractivity contribution is 7.00. The number of nitrogens with zero attached hydrogens (tertiary/aromatic N) is 2. The van der Waals surface area contributed by atoms with E-state index >= 15 is 0 Å². The summed E-state index contributed by atoms with van der Waals surface area (Å²) in [5.74, 6) is 4.73. The zero-order valence-corrected chi connectivity index (χ0v) is 72.7. The van der Waals surface area contributed by atoms with Gasteiger partial charge in [0.1, 0.15) is 11.0 Å². The lowest BCUT2D eigenvalue weighted by atomic mass is 9.64. The second kappa shape index (κ2) is 34.4. The Balaban J connectivity index is 0.874. The monoisotopic (exact) mass is 1500 g/mol. The molecule has 9 aromatic carbocycles. The van der Waals surface area contributed by atoms with E-state index in [2.05, 4.69) is 315 Å². The highest BCUT2D eigenvalue weighted by Crippen LogP contribution is 2.64. The van der Waals surface area contributed by atoms with Gasteiger partial charge < -0.3 is 0 Å². The molecule has 0 aliphatic heterocycles. The number of hydrogen-bond donors (Lipinski definition) is 0. The lowest BCUT2D eigenvalue weighted by Crippen LogP contribution is -2.31. The van der Waals surface area contributed by atoms with Crippen LogP contribution in [0.1, 0.15) is 324 Å². The third-order valence-electron chi connectivity index (χ3n) is 29.4. The van der Waals surface area contributed by atoms with Gasteiger partial charge in [-0.1, -0.05) is 352 Å². The van der Waals surface area contributed by atoms with Crippen molar-refractivity contribution in [2.45, 2.75) is 281 Å². The van der Waals surface area contributed by atoms with Crippen molar-refractivity contribution < 1.29 is 0 Å². The van der Waals surface area contributed by atoms with Crippen molar-refractivity contribution in [2.75, 3.05) is 0 Å². The summed E-state index contributed by atoms with van der Waals surface area (Å²) in [7, 11) is 0. The first-order valence-corrected chi connectivity index (χ1v) is 45.7. The minimum atomic E-state index is -0.157. The molecule has 14 rings (SSSR count). The standard InChI is InChI=1S/C109H134N2S/c1-18-28-32-78(26-9)69-109(70-79(27-10)33-29-19-2)97-56-82(42-41-80-37-39-81(40-38-80)43-46-83-45-36-77(17)104-105(83)111-112-110-104)44-51-89(97)90-52-47-86(59-100(90)109)84-48-53-91-92-54-49-85(58-99(92)107(98(91)57-84,65-73(13)22-5)66-74(14)23-6)87-50-55-93-95-62-102-94(61-103(95)108(101(93)60-87,67-75(15)24-7)68-76(16)25-8)88-34-30-31-35-96(88)106(102,63-71(11)20-3)64-72(12)21-4/h30-31,34-62,71-76,78-79H,18-29,32-33,63-70H2,1-17H3/b42-41+,46-43+. The van der Waals surface area contributed by atoms with Crippen LogP contribution < -0.4 is 0 Å². The largest absolute Gasteiger partial charge is 0.173 e. The van der Waals surface area contributed by atoms with E-state index in [9.17, 15) is 0 Å². The zero-order chi connectivity index (χ0) is 78.8. The van der Waals surface area contributed by atoms with Crippen molar-refractivity contribution in [3.8, 4) is 66.8 Å². The lowest BCUT2D eigenvalue weighted by molar-refractivity contribution is 0.266.